The number of hydrogen-bond acceptors (Lipinski definition) is 3. The van der Waals surface area contributed by atoms with E-state index in [1.165, 1.54) is 30.4 Å². The topological polar surface area (TPSA) is 41.6 Å². The zero-order valence-electron chi connectivity index (χ0n) is 19.5. The molecule has 0 heterocycles. The summed E-state index contributed by atoms with van der Waals surface area (Å²) in [6, 6.07) is 28.6. The average Bonchev–Trinajstić information content (AvgIpc) is 2.86. The minimum Gasteiger partial charge on any atom is -0.497 e. The van der Waals surface area contributed by atoms with E-state index in [2.05, 4.69) is 58.7 Å². The van der Waals surface area contributed by atoms with Gasteiger partial charge >= 0.3 is 0 Å². The second-order valence-electron chi connectivity index (χ2n) is 8.90. The van der Waals surface area contributed by atoms with Crippen LogP contribution in [0.4, 0.5) is 0 Å². The van der Waals surface area contributed by atoms with Crippen molar-refractivity contribution in [2.45, 2.75) is 57.3 Å². The van der Waals surface area contributed by atoms with Gasteiger partial charge in [-0.2, -0.15) is 0 Å². The van der Waals surface area contributed by atoms with Gasteiger partial charge in [0.05, 0.1) is 7.11 Å². The maximum absolute atomic E-state index is 13.8. The lowest BCUT2D eigenvalue weighted by Crippen LogP contribution is -2.44. The lowest BCUT2D eigenvalue weighted by atomic mass is 9.94. The minimum atomic E-state index is -0.391. The molecule has 0 spiro atoms. The van der Waals surface area contributed by atoms with E-state index in [9.17, 15) is 4.79 Å². The number of nitrogens with zero attached hydrogens (tertiary/aromatic N) is 1. The van der Waals surface area contributed by atoms with Crippen LogP contribution in [-0.4, -0.2) is 24.0 Å². The van der Waals surface area contributed by atoms with Crippen molar-refractivity contribution in [3.05, 3.63) is 102 Å². The smallest absolute Gasteiger partial charge is 0.242 e. The third-order valence-electron chi connectivity index (χ3n) is 6.45. The molecule has 4 nitrogen and oxygen atoms in total. The standard InChI is InChI=1S/C29H34N2O2/c1-33-27-19-17-25(18-20-27)28(29(32)30-26-15-9-4-10-16-26)31(21-23-11-5-2-6-12-23)22-24-13-7-3-8-14-24/h2-3,5-8,11-14,17-20,26,28H,4,9-10,15-16,21-22H2,1H3,(H,30,32)/t28-/m0/s1. The molecule has 0 saturated heterocycles. The van der Waals surface area contributed by atoms with Gasteiger partial charge in [-0.05, 0) is 41.7 Å². The number of ether oxygens (including phenoxy) is 1. The fraction of sp³-hybridized carbons (Fsp3) is 0.345. The molecule has 1 aliphatic rings. The molecule has 4 rings (SSSR count). The number of rotatable bonds is 9. The fourth-order valence-electron chi connectivity index (χ4n) is 4.72. The summed E-state index contributed by atoms with van der Waals surface area (Å²) in [6.45, 7) is 1.37. The first-order chi connectivity index (χ1) is 16.2. The highest BCUT2D eigenvalue weighted by Gasteiger charge is 2.30. The van der Waals surface area contributed by atoms with Crippen LogP contribution in [0.1, 0.15) is 54.8 Å². The molecule has 1 atom stereocenters. The van der Waals surface area contributed by atoms with Gasteiger partial charge in [-0.3, -0.25) is 9.69 Å². The summed E-state index contributed by atoms with van der Waals surface area (Å²) >= 11 is 0. The van der Waals surface area contributed by atoms with Gasteiger partial charge in [0.25, 0.3) is 0 Å². The molecule has 0 aromatic heterocycles. The number of nitrogens with one attached hydrogen (secondary N) is 1. The van der Waals surface area contributed by atoms with Gasteiger partial charge in [0.2, 0.25) is 5.91 Å². The van der Waals surface area contributed by atoms with E-state index in [4.69, 9.17) is 4.74 Å². The Morgan fingerprint density at radius 3 is 1.91 bits per heavy atom. The van der Waals surface area contributed by atoms with Gasteiger partial charge < -0.3 is 10.1 Å². The summed E-state index contributed by atoms with van der Waals surface area (Å²) in [7, 11) is 1.67. The Morgan fingerprint density at radius 2 is 1.39 bits per heavy atom. The number of carbonyl (C=O) groups is 1. The van der Waals surface area contributed by atoms with Crippen LogP contribution < -0.4 is 10.1 Å². The van der Waals surface area contributed by atoms with Crippen LogP contribution in [-0.2, 0) is 17.9 Å². The van der Waals surface area contributed by atoms with Crippen molar-refractivity contribution >= 4 is 5.91 Å². The minimum absolute atomic E-state index is 0.0823. The Labute approximate surface area is 197 Å². The molecule has 0 unspecified atom stereocenters. The molecule has 1 aliphatic carbocycles. The molecule has 3 aromatic carbocycles. The Balaban J connectivity index is 1.67. The Kier molecular flexibility index (Phi) is 8.15. The summed E-state index contributed by atoms with van der Waals surface area (Å²) in [6.07, 6.45) is 5.78. The van der Waals surface area contributed by atoms with Crippen molar-refractivity contribution < 1.29 is 9.53 Å². The van der Waals surface area contributed by atoms with Crippen molar-refractivity contribution in [1.29, 1.82) is 0 Å². The maximum atomic E-state index is 13.8. The maximum Gasteiger partial charge on any atom is 0.242 e. The van der Waals surface area contributed by atoms with Crippen molar-refractivity contribution in [2.24, 2.45) is 0 Å². The molecule has 0 aliphatic heterocycles. The van der Waals surface area contributed by atoms with E-state index < -0.39 is 6.04 Å². The molecular weight excluding hydrogens is 408 g/mol. The molecule has 1 amide bonds. The quantitative estimate of drug-likeness (QED) is 0.449. The third-order valence-corrected chi connectivity index (χ3v) is 6.45. The molecule has 1 fully saturated rings. The second-order valence-corrected chi connectivity index (χ2v) is 8.90. The molecule has 1 saturated carbocycles. The normalized spacial score (nSPS) is 15.2. The van der Waals surface area contributed by atoms with Gasteiger partial charge in [0.1, 0.15) is 11.8 Å². The molecule has 33 heavy (non-hydrogen) atoms. The van der Waals surface area contributed by atoms with Crippen molar-refractivity contribution in [1.82, 2.24) is 10.2 Å². The first kappa shape index (κ1) is 23.1. The van der Waals surface area contributed by atoms with Gasteiger partial charge in [-0.25, -0.2) is 0 Å². The van der Waals surface area contributed by atoms with E-state index in [-0.39, 0.29) is 11.9 Å². The second kappa shape index (κ2) is 11.7. The highest BCUT2D eigenvalue weighted by Crippen LogP contribution is 2.28. The lowest BCUT2D eigenvalue weighted by molar-refractivity contribution is -0.128. The monoisotopic (exact) mass is 442 g/mol. The summed E-state index contributed by atoms with van der Waals surface area (Å²) in [5.74, 6) is 0.877. The largest absolute Gasteiger partial charge is 0.497 e. The molecule has 0 bridgehead atoms. The van der Waals surface area contributed by atoms with E-state index in [1.54, 1.807) is 7.11 Å². The van der Waals surface area contributed by atoms with Crippen molar-refractivity contribution in [3.8, 4) is 5.75 Å². The van der Waals surface area contributed by atoms with Crippen LogP contribution >= 0.6 is 0 Å². The summed E-state index contributed by atoms with van der Waals surface area (Å²) in [5.41, 5.74) is 3.37. The molecule has 0 radical (unpaired) electrons. The van der Waals surface area contributed by atoms with Crippen LogP contribution in [0, 0.1) is 0 Å². The van der Waals surface area contributed by atoms with Gasteiger partial charge in [0.15, 0.2) is 0 Å². The average molecular weight is 443 g/mol. The highest BCUT2D eigenvalue weighted by molar-refractivity contribution is 5.83. The number of amides is 1. The van der Waals surface area contributed by atoms with Crippen LogP contribution in [0.2, 0.25) is 0 Å². The highest BCUT2D eigenvalue weighted by atomic mass is 16.5. The molecule has 3 aromatic rings. The summed E-state index contributed by atoms with van der Waals surface area (Å²) in [5, 5.41) is 3.39. The molecular formula is C29H34N2O2. The van der Waals surface area contributed by atoms with E-state index in [0.717, 1.165) is 24.2 Å². The van der Waals surface area contributed by atoms with Crippen molar-refractivity contribution in [3.63, 3.8) is 0 Å². The van der Waals surface area contributed by atoms with E-state index in [1.807, 2.05) is 36.4 Å². The summed E-state index contributed by atoms with van der Waals surface area (Å²) < 4.78 is 5.37. The van der Waals surface area contributed by atoms with Crippen molar-refractivity contribution in [2.75, 3.05) is 7.11 Å². The predicted molar refractivity (Wildman–Crippen MR) is 133 cm³/mol. The van der Waals surface area contributed by atoms with Crippen LogP contribution in [0.15, 0.2) is 84.9 Å². The van der Waals surface area contributed by atoms with Gasteiger partial charge in [-0.1, -0.05) is 92.1 Å². The third kappa shape index (κ3) is 6.45. The summed E-state index contributed by atoms with van der Waals surface area (Å²) in [4.78, 5) is 16.1. The zero-order valence-corrected chi connectivity index (χ0v) is 19.5. The van der Waals surface area contributed by atoms with E-state index in [0.29, 0.717) is 13.1 Å². The van der Waals surface area contributed by atoms with Crippen LogP contribution in [0.5, 0.6) is 5.75 Å². The number of hydrogen-bond donors (Lipinski definition) is 1. The number of carbonyl (C=O) groups excluding carboxylic acids is 1. The number of methoxy groups -OCH3 is 1. The Hall–Kier alpha value is -3.11. The first-order valence-corrected chi connectivity index (χ1v) is 12.0. The van der Waals surface area contributed by atoms with Crippen LogP contribution in [0.3, 0.4) is 0 Å². The molecule has 172 valence electrons. The fourth-order valence-corrected chi connectivity index (χ4v) is 4.72. The van der Waals surface area contributed by atoms with E-state index >= 15 is 0 Å². The van der Waals surface area contributed by atoms with Crippen LogP contribution in [0.25, 0.3) is 0 Å². The Bertz CT molecular complexity index is 942. The zero-order chi connectivity index (χ0) is 22.9. The molecule has 1 N–H and O–H groups in total. The van der Waals surface area contributed by atoms with Gasteiger partial charge in [0, 0.05) is 19.1 Å². The Morgan fingerprint density at radius 1 is 0.848 bits per heavy atom. The SMILES string of the molecule is COc1ccc([C@@H](C(=O)NC2CCCCC2)N(Cc2ccccc2)Cc2ccccc2)cc1. The number of benzene rings is 3. The van der Waals surface area contributed by atoms with Gasteiger partial charge in [-0.15, -0.1) is 0 Å². The molecule has 4 heteroatoms. The predicted octanol–water partition coefficient (Wildman–Crippen LogP) is 5.89. The lowest BCUT2D eigenvalue weighted by Gasteiger charge is -2.33. The first-order valence-electron chi connectivity index (χ1n) is 12.0.